The van der Waals surface area contributed by atoms with Crippen molar-refractivity contribution in [2.75, 3.05) is 0 Å². The zero-order valence-corrected chi connectivity index (χ0v) is 18.5. The van der Waals surface area contributed by atoms with E-state index in [0.29, 0.717) is 12.3 Å². The molecule has 30 heavy (non-hydrogen) atoms. The predicted molar refractivity (Wildman–Crippen MR) is 127 cm³/mol. The van der Waals surface area contributed by atoms with E-state index in [4.69, 9.17) is 12.3 Å². The molecule has 2 heteroatoms. The molecule has 0 bridgehead atoms. The van der Waals surface area contributed by atoms with Crippen LogP contribution in [0.2, 0.25) is 0 Å². The fourth-order valence-corrected chi connectivity index (χ4v) is 6.10. The highest BCUT2D eigenvalue weighted by Crippen LogP contribution is 2.59. The van der Waals surface area contributed by atoms with E-state index >= 15 is 0 Å². The van der Waals surface area contributed by atoms with Crippen LogP contribution in [0.25, 0.3) is 0 Å². The lowest BCUT2D eigenvalue weighted by atomic mass is 9.61. The lowest BCUT2D eigenvalue weighted by molar-refractivity contribution is 0.0436. The summed E-state index contributed by atoms with van der Waals surface area (Å²) >= 11 is 0. The molecule has 3 rings (SSSR count). The van der Waals surface area contributed by atoms with Gasteiger partial charge >= 0.3 is 0 Å². The Hall–Kier alpha value is -1.12. The van der Waals surface area contributed by atoms with Crippen molar-refractivity contribution in [3.8, 4) is 0 Å². The molecular weight excluding hydrogens is 368 g/mol. The van der Waals surface area contributed by atoms with Gasteiger partial charge in [-0.15, -0.1) is 0 Å². The van der Waals surface area contributed by atoms with E-state index in [-0.39, 0.29) is 23.4 Å². The first-order chi connectivity index (χ1) is 17.7. The van der Waals surface area contributed by atoms with Crippen molar-refractivity contribution >= 4 is 0 Å². The zero-order valence-electron chi connectivity index (χ0n) is 27.5. The van der Waals surface area contributed by atoms with Crippen LogP contribution in [-0.2, 0) is 0 Å². The summed E-state index contributed by atoms with van der Waals surface area (Å²) in [5, 5.41) is 21.0. The van der Waals surface area contributed by atoms with Crippen molar-refractivity contribution in [2.24, 2.45) is 29.1 Å². The van der Waals surface area contributed by atoms with Crippen molar-refractivity contribution in [1.82, 2.24) is 0 Å². The Bertz CT molecular complexity index is 988. The van der Waals surface area contributed by atoms with E-state index in [1.807, 2.05) is 6.92 Å². The Labute approximate surface area is 197 Å². The number of aliphatic hydroxyl groups excluding tert-OH is 1. The molecule has 2 nitrogen and oxygen atoms in total. The Morgan fingerprint density at radius 2 is 2.00 bits per heavy atom. The molecule has 0 aromatic rings. The number of fused-ring (bicyclic) bond motifs is 1. The van der Waals surface area contributed by atoms with E-state index in [1.54, 1.807) is 6.08 Å². The van der Waals surface area contributed by atoms with Gasteiger partial charge in [0.25, 0.3) is 0 Å². The van der Waals surface area contributed by atoms with Crippen molar-refractivity contribution in [3.63, 3.8) is 0 Å². The highest BCUT2D eigenvalue weighted by molar-refractivity contribution is 5.36. The molecule has 0 saturated heterocycles. The molecular formula is C28H44O2. The van der Waals surface area contributed by atoms with Crippen LogP contribution in [0.1, 0.15) is 98.1 Å². The Balaban J connectivity index is 1.88. The van der Waals surface area contributed by atoms with E-state index < -0.39 is 32.1 Å². The number of allylic oxidation sites excluding steroid dienone is 5. The second-order valence-corrected chi connectivity index (χ2v) is 10.0. The van der Waals surface area contributed by atoms with Crippen LogP contribution in [0.4, 0.5) is 0 Å². The average molecular weight is 422 g/mol. The summed E-state index contributed by atoms with van der Waals surface area (Å²) in [7, 11) is 0. The first kappa shape index (κ1) is 14.1. The molecule has 0 radical (unpaired) electrons. The highest BCUT2D eigenvalue weighted by atomic mass is 16.3. The van der Waals surface area contributed by atoms with Crippen LogP contribution in [-0.4, -0.2) is 21.9 Å². The number of hydrogen-bond donors (Lipinski definition) is 2. The molecule has 0 aromatic heterocycles. The monoisotopic (exact) mass is 421 g/mol. The lowest BCUT2D eigenvalue weighted by Crippen LogP contribution is -2.35. The maximum atomic E-state index is 11.0. The van der Waals surface area contributed by atoms with Gasteiger partial charge in [0.1, 0.15) is 0 Å². The fourth-order valence-electron chi connectivity index (χ4n) is 6.10. The van der Waals surface area contributed by atoms with E-state index in [9.17, 15) is 10.2 Å². The van der Waals surface area contributed by atoms with Crippen molar-refractivity contribution in [1.29, 1.82) is 0 Å². The first-order valence-electron chi connectivity index (χ1n) is 15.9. The van der Waals surface area contributed by atoms with Gasteiger partial charge in [0.2, 0.25) is 0 Å². The Morgan fingerprint density at radius 1 is 1.20 bits per heavy atom. The molecule has 6 atom stereocenters. The highest BCUT2D eigenvalue weighted by Gasteiger charge is 2.50. The summed E-state index contributed by atoms with van der Waals surface area (Å²) in [5.41, 5.74) is 0.106. The molecule has 3 aliphatic rings. The van der Waals surface area contributed by atoms with Crippen LogP contribution in [0.3, 0.4) is 0 Å². The summed E-state index contributed by atoms with van der Waals surface area (Å²) in [5.74, 6) is -1.68. The van der Waals surface area contributed by atoms with Crippen molar-refractivity contribution in [2.45, 2.75) is 97.5 Å². The summed E-state index contributed by atoms with van der Waals surface area (Å²) in [4.78, 5) is 0. The minimum atomic E-state index is -3.42. The standard InChI is InChI=1S/C28H44O2/c1-19-10-14-24(29)18-23(19)13-12-22-8-7-17-28(6)25(15-16-26(22)28)20(2)9-11-21(3)27(4,5)30/h9,11-13,20-21,24-26,29-30H,1,7-8,10,14-18H2,2-6H3/b11-9+,22-12+,23-13-/t20-,21+,24-,25-,26+,28-/m1/s1/i3D3,4D3,5D3. The first-order valence-corrected chi connectivity index (χ1v) is 11.4. The van der Waals surface area contributed by atoms with E-state index in [1.165, 1.54) is 5.57 Å². The molecule has 3 fully saturated rings. The minimum Gasteiger partial charge on any atom is -0.393 e. The van der Waals surface area contributed by atoms with Crippen LogP contribution in [0, 0.1) is 29.1 Å². The quantitative estimate of drug-likeness (QED) is 0.482. The normalized spacial score (nSPS) is 43.4. The van der Waals surface area contributed by atoms with Crippen LogP contribution in [0.5, 0.6) is 0 Å². The summed E-state index contributed by atoms with van der Waals surface area (Å²) < 4.78 is 70.1. The number of hydrogen-bond acceptors (Lipinski definition) is 2. The molecule has 2 N–H and O–H groups in total. The maximum absolute atomic E-state index is 11.0. The average Bonchev–Trinajstić information content (AvgIpc) is 3.14. The Morgan fingerprint density at radius 3 is 2.73 bits per heavy atom. The van der Waals surface area contributed by atoms with Gasteiger partial charge in [-0.25, -0.2) is 0 Å². The molecule has 0 aliphatic heterocycles. The second kappa shape index (κ2) is 9.17. The zero-order chi connectivity index (χ0) is 29.6. The molecule has 0 heterocycles. The van der Waals surface area contributed by atoms with Gasteiger partial charge in [0.05, 0.1) is 11.7 Å². The van der Waals surface area contributed by atoms with Crippen LogP contribution < -0.4 is 0 Å². The SMILES string of the molecule is [2H]C([2H])([2H])[C@@H](/C=C/[C@@H](C)[C@H]1CC[C@H]2/C(=C/C=C3/C[C@H](O)CCC3=C)CCC[C@]12C)C(O)(C([2H])([2H])[2H])C([2H])([2H])[2H]. The van der Waals surface area contributed by atoms with Gasteiger partial charge in [-0.05, 0) is 93.8 Å². The van der Waals surface area contributed by atoms with Crippen molar-refractivity contribution < 1.29 is 22.5 Å². The third-order valence-corrected chi connectivity index (χ3v) is 7.92. The maximum Gasteiger partial charge on any atom is 0.0651 e. The van der Waals surface area contributed by atoms with Crippen molar-refractivity contribution in [3.05, 3.63) is 47.6 Å². The van der Waals surface area contributed by atoms with Gasteiger partial charge in [0.15, 0.2) is 0 Å². The largest absolute Gasteiger partial charge is 0.393 e. The van der Waals surface area contributed by atoms with E-state index in [2.05, 4.69) is 25.7 Å². The molecule has 0 unspecified atom stereocenters. The Kier molecular flexibility index (Phi) is 4.31. The van der Waals surface area contributed by atoms with Gasteiger partial charge in [0, 0.05) is 18.3 Å². The summed E-state index contributed by atoms with van der Waals surface area (Å²) in [6, 6.07) is 0. The molecule has 0 amide bonds. The predicted octanol–water partition coefficient (Wildman–Crippen LogP) is 6.76. The van der Waals surface area contributed by atoms with Gasteiger partial charge < -0.3 is 10.2 Å². The summed E-state index contributed by atoms with van der Waals surface area (Å²) in [6.07, 6.45) is 13.8. The number of aliphatic hydroxyl groups is 2. The van der Waals surface area contributed by atoms with Gasteiger partial charge in [-0.2, -0.15) is 0 Å². The number of rotatable bonds is 5. The third-order valence-electron chi connectivity index (χ3n) is 7.92. The van der Waals surface area contributed by atoms with Gasteiger partial charge in [-0.1, -0.05) is 62.7 Å². The smallest absolute Gasteiger partial charge is 0.0651 e. The topological polar surface area (TPSA) is 40.5 Å². The molecule has 3 saturated carbocycles. The molecule has 3 aliphatic carbocycles. The molecule has 0 spiro atoms. The van der Waals surface area contributed by atoms with E-state index in [0.717, 1.165) is 62.2 Å². The molecule has 0 aromatic carbocycles. The van der Waals surface area contributed by atoms with Gasteiger partial charge in [-0.3, -0.25) is 0 Å². The minimum absolute atomic E-state index is 0.0464. The fraction of sp³-hybridized carbons (Fsp3) is 0.714. The third kappa shape index (κ3) is 5.02. The van der Waals surface area contributed by atoms with Crippen LogP contribution in [0.15, 0.2) is 47.6 Å². The second-order valence-electron chi connectivity index (χ2n) is 10.0. The lowest BCUT2D eigenvalue weighted by Gasteiger charge is -2.44. The molecule has 168 valence electrons. The summed E-state index contributed by atoms with van der Waals surface area (Å²) in [6.45, 7) is -1.48. The van der Waals surface area contributed by atoms with Crippen LogP contribution >= 0.6 is 0 Å².